The van der Waals surface area contributed by atoms with Crippen molar-refractivity contribution in [3.05, 3.63) is 35.4 Å². The Morgan fingerprint density at radius 1 is 1.09 bits per heavy atom. The zero-order valence-electron chi connectivity index (χ0n) is 13.7. The van der Waals surface area contributed by atoms with Crippen LogP contribution in [0.5, 0.6) is 0 Å². The van der Waals surface area contributed by atoms with Crippen molar-refractivity contribution in [3.8, 4) is 0 Å². The van der Waals surface area contributed by atoms with Gasteiger partial charge in [-0.25, -0.2) is 0 Å². The summed E-state index contributed by atoms with van der Waals surface area (Å²) >= 11 is 0. The number of piperidine rings is 1. The summed E-state index contributed by atoms with van der Waals surface area (Å²) in [6, 6.07) is 8.64. The van der Waals surface area contributed by atoms with Crippen molar-refractivity contribution >= 4 is 5.91 Å². The van der Waals surface area contributed by atoms with Crippen molar-refractivity contribution < 1.29 is 9.90 Å². The molecule has 126 valence electrons. The summed E-state index contributed by atoms with van der Waals surface area (Å²) in [6.45, 7) is 4.20. The normalized spacial score (nSPS) is 24.1. The van der Waals surface area contributed by atoms with Gasteiger partial charge in [-0.15, -0.1) is 0 Å². The summed E-state index contributed by atoms with van der Waals surface area (Å²) in [7, 11) is 0. The van der Waals surface area contributed by atoms with Gasteiger partial charge in [0.15, 0.2) is 0 Å². The maximum Gasteiger partial charge on any atom is 0.234 e. The number of nitrogens with zero attached hydrogens (tertiary/aromatic N) is 2. The van der Waals surface area contributed by atoms with Crippen LogP contribution in [-0.4, -0.2) is 52.5 Å². The van der Waals surface area contributed by atoms with E-state index in [4.69, 9.17) is 10.8 Å². The molecule has 2 fully saturated rings. The zero-order chi connectivity index (χ0) is 16.2. The number of aliphatic hydroxyl groups excluding tert-OH is 1. The first kappa shape index (κ1) is 16.4. The third-order valence-electron chi connectivity index (χ3n) is 5.26. The first-order valence-corrected chi connectivity index (χ1v) is 8.63. The van der Waals surface area contributed by atoms with Gasteiger partial charge in [0.1, 0.15) is 0 Å². The molecule has 0 saturated carbocycles. The van der Waals surface area contributed by atoms with E-state index < -0.39 is 0 Å². The Kier molecular flexibility index (Phi) is 5.30. The van der Waals surface area contributed by atoms with Gasteiger partial charge >= 0.3 is 0 Å². The van der Waals surface area contributed by atoms with Crippen LogP contribution >= 0.6 is 0 Å². The molecular weight excluding hydrogens is 290 g/mol. The third kappa shape index (κ3) is 3.91. The van der Waals surface area contributed by atoms with E-state index >= 15 is 0 Å². The van der Waals surface area contributed by atoms with Gasteiger partial charge in [0.2, 0.25) is 5.91 Å². The Morgan fingerprint density at radius 2 is 1.74 bits per heavy atom. The van der Waals surface area contributed by atoms with Crippen molar-refractivity contribution in [2.24, 2.45) is 5.73 Å². The van der Waals surface area contributed by atoms with Crippen LogP contribution in [0.15, 0.2) is 24.3 Å². The molecule has 0 bridgehead atoms. The van der Waals surface area contributed by atoms with Crippen LogP contribution in [0.4, 0.5) is 0 Å². The average Bonchev–Trinajstić information content (AvgIpc) is 3.06. The molecule has 1 unspecified atom stereocenters. The highest BCUT2D eigenvalue weighted by Gasteiger charge is 2.35. The number of carbonyl (C=O) groups excluding carboxylic acids is 1. The first-order chi connectivity index (χ1) is 11.2. The molecule has 2 aliphatic heterocycles. The molecule has 0 spiro atoms. The Labute approximate surface area is 138 Å². The summed E-state index contributed by atoms with van der Waals surface area (Å²) in [5, 5.41) is 9.10. The highest BCUT2D eigenvalue weighted by Crippen LogP contribution is 2.26. The van der Waals surface area contributed by atoms with Crippen LogP contribution in [0, 0.1) is 0 Å². The van der Waals surface area contributed by atoms with Gasteiger partial charge in [-0.3, -0.25) is 14.6 Å². The molecule has 0 aromatic heterocycles. The summed E-state index contributed by atoms with van der Waals surface area (Å²) < 4.78 is 0. The fraction of sp³-hybridized carbons (Fsp3) is 0.611. The van der Waals surface area contributed by atoms with Crippen molar-refractivity contribution in [1.82, 2.24) is 9.80 Å². The van der Waals surface area contributed by atoms with Gasteiger partial charge in [-0.2, -0.15) is 0 Å². The molecule has 5 nitrogen and oxygen atoms in total. The van der Waals surface area contributed by atoms with Crippen LogP contribution in [0.25, 0.3) is 0 Å². The Morgan fingerprint density at radius 3 is 2.35 bits per heavy atom. The second-order valence-corrected chi connectivity index (χ2v) is 6.78. The average molecular weight is 317 g/mol. The molecule has 1 atom stereocenters. The number of aliphatic hydroxyl groups is 1. The van der Waals surface area contributed by atoms with Crippen molar-refractivity contribution in [2.45, 2.75) is 50.9 Å². The van der Waals surface area contributed by atoms with Crippen LogP contribution < -0.4 is 5.73 Å². The van der Waals surface area contributed by atoms with Crippen LogP contribution in [0.1, 0.15) is 36.8 Å². The maximum absolute atomic E-state index is 11.6. The van der Waals surface area contributed by atoms with E-state index in [-0.39, 0.29) is 18.6 Å². The highest BCUT2D eigenvalue weighted by atomic mass is 16.3. The van der Waals surface area contributed by atoms with Gasteiger partial charge < -0.3 is 10.8 Å². The molecule has 3 N–H and O–H groups in total. The number of benzene rings is 1. The molecule has 2 aliphatic rings. The molecule has 1 aromatic carbocycles. The maximum atomic E-state index is 11.6. The van der Waals surface area contributed by atoms with E-state index in [1.165, 1.54) is 5.56 Å². The van der Waals surface area contributed by atoms with Crippen molar-refractivity contribution in [1.29, 1.82) is 0 Å². The summed E-state index contributed by atoms with van der Waals surface area (Å²) in [5.41, 5.74) is 7.79. The van der Waals surface area contributed by atoms with Crippen molar-refractivity contribution in [3.63, 3.8) is 0 Å². The molecule has 23 heavy (non-hydrogen) atoms. The van der Waals surface area contributed by atoms with Crippen LogP contribution in [0.2, 0.25) is 0 Å². The van der Waals surface area contributed by atoms with Gasteiger partial charge in [-0.1, -0.05) is 24.3 Å². The fourth-order valence-electron chi connectivity index (χ4n) is 3.95. The van der Waals surface area contributed by atoms with Gasteiger partial charge in [0.25, 0.3) is 0 Å². The molecule has 0 aliphatic carbocycles. The molecule has 2 heterocycles. The summed E-state index contributed by atoms with van der Waals surface area (Å²) in [5.74, 6) is -0.158. The second-order valence-electron chi connectivity index (χ2n) is 6.78. The fourth-order valence-corrected chi connectivity index (χ4v) is 3.95. The zero-order valence-corrected chi connectivity index (χ0v) is 13.7. The Bertz CT molecular complexity index is 524. The SMILES string of the molecule is NC(=O)C1CCCN1C1CCN(Cc2ccc(CO)cc2)CC1. The lowest BCUT2D eigenvalue weighted by molar-refractivity contribution is -0.123. The largest absolute Gasteiger partial charge is 0.392 e. The standard InChI is InChI=1S/C18H27N3O2/c19-18(23)17-2-1-9-21(17)16-7-10-20(11-8-16)12-14-3-5-15(13-22)6-4-14/h3-6,16-17,22H,1-2,7-13H2,(H2,19,23). The van der Waals surface area contributed by atoms with Gasteiger partial charge in [-0.05, 0) is 56.4 Å². The molecular formula is C18H27N3O2. The van der Waals surface area contributed by atoms with E-state index in [0.717, 1.165) is 57.4 Å². The first-order valence-electron chi connectivity index (χ1n) is 8.63. The highest BCUT2D eigenvalue weighted by molar-refractivity contribution is 5.80. The molecule has 0 radical (unpaired) electrons. The quantitative estimate of drug-likeness (QED) is 0.853. The van der Waals surface area contributed by atoms with E-state index in [1.54, 1.807) is 0 Å². The minimum atomic E-state index is -0.158. The molecule has 2 saturated heterocycles. The minimum absolute atomic E-state index is 0.0439. The number of hydrogen-bond acceptors (Lipinski definition) is 4. The topological polar surface area (TPSA) is 69.8 Å². The number of likely N-dealkylation sites (tertiary alicyclic amines) is 2. The Balaban J connectivity index is 1.51. The monoisotopic (exact) mass is 317 g/mol. The lowest BCUT2D eigenvalue weighted by Gasteiger charge is -2.38. The minimum Gasteiger partial charge on any atom is -0.392 e. The van der Waals surface area contributed by atoms with Crippen LogP contribution in [-0.2, 0) is 17.9 Å². The molecule has 5 heteroatoms. The smallest absolute Gasteiger partial charge is 0.234 e. The molecule has 1 aromatic rings. The van der Waals surface area contributed by atoms with Gasteiger partial charge in [0.05, 0.1) is 12.6 Å². The number of hydrogen-bond donors (Lipinski definition) is 2. The number of carbonyl (C=O) groups is 1. The lowest BCUT2D eigenvalue weighted by atomic mass is 10.0. The number of nitrogens with two attached hydrogens (primary N) is 1. The third-order valence-corrected chi connectivity index (χ3v) is 5.26. The number of amides is 1. The predicted molar refractivity (Wildman–Crippen MR) is 89.6 cm³/mol. The van der Waals surface area contributed by atoms with Crippen LogP contribution in [0.3, 0.4) is 0 Å². The summed E-state index contributed by atoms with van der Waals surface area (Å²) in [6.07, 6.45) is 4.23. The van der Waals surface area contributed by atoms with Crippen molar-refractivity contribution in [2.75, 3.05) is 19.6 Å². The van der Waals surface area contributed by atoms with E-state index in [1.807, 2.05) is 12.1 Å². The second kappa shape index (κ2) is 7.43. The number of rotatable bonds is 5. The van der Waals surface area contributed by atoms with Gasteiger partial charge in [0, 0.05) is 12.6 Å². The van der Waals surface area contributed by atoms with E-state index in [0.29, 0.717) is 6.04 Å². The summed E-state index contributed by atoms with van der Waals surface area (Å²) in [4.78, 5) is 16.4. The van der Waals surface area contributed by atoms with E-state index in [2.05, 4.69) is 21.9 Å². The Hall–Kier alpha value is -1.43. The molecule has 3 rings (SSSR count). The number of primary amides is 1. The molecule has 1 amide bonds. The lowest BCUT2D eigenvalue weighted by Crippen LogP contribution is -2.50. The predicted octanol–water partition coefficient (Wildman–Crippen LogP) is 1.09. The van der Waals surface area contributed by atoms with E-state index in [9.17, 15) is 4.79 Å².